The number of rotatable bonds is 5. The molecule has 0 amide bonds. The summed E-state index contributed by atoms with van der Waals surface area (Å²) in [6, 6.07) is 12.9. The van der Waals surface area contributed by atoms with E-state index in [1.807, 2.05) is 18.2 Å². The molecule has 1 fully saturated rings. The van der Waals surface area contributed by atoms with Gasteiger partial charge in [-0.3, -0.25) is 4.72 Å². The van der Waals surface area contributed by atoms with Crippen LogP contribution < -0.4 is 9.62 Å². The molecule has 0 saturated carbocycles. The highest BCUT2D eigenvalue weighted by atomic mass is 32.2. The molecule has 1 saturated heterocycles. The third-order valence-electron chi connectivity index (χ3n) is 3.86. The van der Waals surface area contributed by atoms with Crippen LogP contribution in [0, 0.1) is 5.82 Å². The van der Waals surface area contributed by atoms with Crippen molar-refractivity contribution in [2.45, 2.75) is 18.6 Å². The average Bonchev–Trinajstić information content (AvgIpc) is 3.03. The van der Waals surface area contributed by atoms with Crippen LogP contribution in [-0.2, 0) is 15.8 Å². The van der Waals surface area contributed by atoms with E-state index in [2.05, 4.69) is 9.62 Å². The van der Waals surface area contributed by atoms with Crippen LogP contribution in [-0.4, -0.2) is 21.5 Å². The molecule has 1 N–H and O–H groups in total. The first-order valence-corrected chi connectivity index (χ1v) is 9.27. The van der Waals surface area contributed by atoms with Crippen molar-refractivity contribution in [2.24, 2.45) is 0 Å². The molecule has 1 aliphatic rings. The van der Waals surface area contributed by atoms with Crippen LogP contribution in [0.4, 0.5) is 15.8 Å². The fraction of sp³-hybridized carbons (Fsp3) is 0.294. The molecule has 1 aliphatic heterocycles. The van der Waals surface area contributed by atoms with Gasteiger partial charge in [0.25, 0.3) is 0 Å². The lowest BCUT2D eigenvalue weighted by Gasteiger charge is -2.18. The zero-order chi connectivity index (χ0) is 16.3. The highest BCUT2D eigenvalue weighted by Gasteiger charge is 2.15. The summed E-state index contributed by atoms with van der Waals surface area (Å²) in [5.74, 6) is -0.557. The fourth-order valence-electron chi connectivity index (χ4n) is 2.76. The Morgan fingerprint density at radius 3 is 2.43 bits per heavy atom. The van der Waals surface area contributed by atoms with Gasteiger partial charge in [0, 0.05) is 18.8 Å². The maximum Gasteiger partial charge on any atom is 0.236 e. The van der Waals surface area contributed by atoms with Crippen LogP contribution in [0.25, 0.3) is 0 Å². The fourth-order valence-corrected chi connectivity index (χ4v) is 3.95. The van der Waals surface area contributed by atoms with E-state index in [1.165, 1.54) is 37.1 Å². The summed E-state index contributed by atoms with van der Waals surface area (Å²) in [7, 11) is -3.53. The van der Waals surface area contributed by atoms with E-state index in [4.69, 9.17) is 0 Å². The van der Waals surface area contributed by atoms with Crippen molar-refractivity contribution in [3.63, 3.8) is 0 Å². The number of hydrogen-bond donors (Lipinski definition) is 1. The maximum atomic E-state index is 12.9. The second-order valence-electron chi connectivity index (χ2n) is 5.73. The van der Waals surface area contributed by atoms with E-state index in [-0.39, 0.29) is 11.6 Å². The van der Waals surface area contributed by atoms with E-state index in [0.717, 1.165) is 18.8 Å². The molecule has 1 heterocycles. The average molecular weight is 334 g/mol. The van der Waals surface area contributed by atoms with Crippen LogP contribution in [0.1, 0.15) is 18.4 Å². The smallest absolute Gasteiger partial charge is 0.236 e. The van der Waals surface area contributed by atoms with Crippen LogP contribution in [0.5, 0.6) is 0 Å². The van der Waals surface area contributed by atoms with Crippen molar-refractivity contribution in [2.75, 3.05) is 22.7 Å². The molecule has 23 heavy (non-hydrogen) atoms. The Balaban J connectivity index is 1.72. The molecule has 4 nitrogen and oxygen atoms in total. The van der Waals surface area contributed by atoms with Crippen LogP contribution >= 0.6 is 0 Å². The van der Waals surface area contributed by atoms with E-state index >= 15 is 0 Å². The molecular weight excluding hydrogens is 315 g/mol. The molecule has 0 atom stereocenters. The number of hydrogen-bond acceptors (Lipinski definition) is 3. The number of benzene rings is 2. The lowest BCUT2D eigenvalue weighted by molar-refractivity contribution is 0.600. The molecule has 6 heteroatoms. The molecule has 2 aromatic rings. The Bertz CT molecular complexity index is 769. The Hall–Kier alpha value is -2.08. The number of sulfonamides is 1. The van der Waals surface area contributed by atoms with Gasteiger partial charge in [-0.25, -0.2) is 12.8 Å². The van der Waals surface area contributed by atoms with Crippen molar-refractivity contribution < 1.29 is 12.8 Å². The minimum absolute atomic E-state index is 0.179. The number of nitrogens with one attached hydrogen (secondary N) is 1. The molecule has 0 aromatic heterocycles. The first kappa shape index (κ1) is 15.8. The Kier molecular flexibility index (Phi) is 4.52. The van der Waals surface area contributed by atoms with Crippen LogP contribution in [0.2, 0.25) is 0 Å². The number of halogens is 1. The van der Waals surface area contributed by atoms with E-state index in [0.29, 0.717) is 11.3 Å². The zero-order valence-electron chi connectivity index (χ0n) is 12.7. The Morgan fingerprint density at radius 1 is 1.04 bits per heavy atom. The second kappa shape index (κ2) is 6.58. The quantitative estimate of drug-likeness (QED) is 0.912. The van der Waals surface area contributed by atoms with Gasteiger partial charge in [0.1, 0.15) is 5.82 Å². The first-order valence-electron chi connectivity index (χ1n) is 7.62. The highest BCUT2D eigenvalue weighted by molar-refractivity contribution is 7.91. The summed E-state index contributed by atoms with van der Waals surface area (Å²) < 4.78 is 40.0. The summed E-state index contributed by atoms with van der Waals surface area (Å²) in [6.45, 7) is 2.01. The molecule has 0 bridgehead atoms. The number of anilines is 2. The predicted octanol–water partition coefficient (Wildman–Crippen LogP) is 3.37. The minimum Gasteiger partial charge on any atom is -0.371 e. The van der Waals surface area contributed by atoms with Gasteiger partial charge in [0.2, 0.25) is 10.0 Å². The molecule has 3 rings (SSSR count). The SMILES string of the molecule is O=S(=O)(Cc1ccc(F)cc1)Nc1cccc(N2CCCC2)c1. The van der Waals surface area contributed by atoms with E-state index in [9.17, 15) is 12.8 Å². The van der Waals surface area contributed by atoms with Crippen molar-refractivity contribution in [3.8, 4) is 0 Å². The van der Waals surface area contributed by atoms with Crippen molar-refractivity contribution in [1.29, 1.82) is 0 Å². The molecule has 0 unspecified atom stereocenters. The third-order valence-corrected chi connectivity index (χ3v) is 5.12. The topological polar surface area (TPSA) is 49.4 Å². The van der Waals surface area contributed by atoms with Crippen LogP contribution in [0.3, 0.4) is 0 Å². The van der Waals surface area contributed by atoms with Gasteiger partial charge in [-0.05, 0) is 48.7 Å². The molecular formula is C17H19FN2O2S. The van der Waals surface area contributed by atoms with Gasteiger partial charge in [-0.15, -0.1) is 0 Å². The standard InChI is InChI=1S/C17H19FN2O2S/c18-15-8-6-14(7-9-15)13-23(21,22)19-16-4-3-5-17(12-16)20-10-1-2-11-20/h3-9,12,19H,1-2,10-11,13H2. The molecule has 122 valence electrons. The van der Waals surface area contributed by atoms with Gasteiger partial charge in [0.15, 0.2) is 0 Å². The van der Waals surface area contributed by atoms with Gasteiger partial charge in [-0.2, -0.15) is 0 Å². The first-order chi connectivity index (χ1) is 11.0. The predicted molar refractivity (Wildman–Crippen MR) is 90.5 cm³/mol. The van der Waals surface area contributed by atoms with E-state index < -0.39 is 10.0 Å². The Morgan fingerprint density at radius 2 is 1.74 bits per heavy atom. The molecule has 0 radical (unpaired) electrons. The monoisotopic (exact) mass is 334 g/mol. The normalized spacial score (nSPS) is 14.9. The molecule has 0 spiro atoms. The van der Waals surface area contributed by atoms with Crippen molar-refractivity contribution in [1.82, 2.24) is 0 Å². The van der Waals surface area contributed by atoms with Gasteiger partial charge in [-0.1, -0.05) is 18.2 Å². The molecule has 2 aromatic carbocycles. The summed E-state index contributed by atoms with van der Waals surface area (Å²) in [5, 5.41) is 0. The minimum atomic E-state index is -3.53. The second-order valence-corrected chi connectivity index (χ2v) is 7.45. The third kappa shape index (κ3) is 4.22. The largest absolute Gasteiger partial charge is 0.371 e. The molecule has 0 aliphatic carbocycles. The maximum absolute atomic E-state index is 12.9. The van der Waals surface area contributed by atoms with Gasteiger partial charge >= 0.3 is 0 Å². The van der Waals surface area contributed by atoms with Crippen molar-refractivity contribution >= 4 is 21.4 Å². The lowest BCUT2D eigenvalue weighted by Crippen LogP contribution is -2.18. The number of nitrogens with zero attached hydrogens (tertiary/aromatic N) is 1. The highest BCUT2D eigenvalue weighted by Crippen LogP contribution is 2.24. The van der Waals surface area contributed by atoms with Crippen molar-refractivity contribution in [3.05, 3.63) is 59.9 Å². The van der Waals surface area contributed by atoms with Gasteiger partial charge < -0.3 is 4.90 Å². The summed E-state index contributed by atoms with van der Waals surface area (Å²) in [4.78, 5) is 2.25. The zero-order valence-corrected chi connectivity index (χ0v) is 13.5. The summed E-state index contributed by atoms with van der Waals surface area (Å²) >= 11 is 0. The van der Waals surface area contributed by atoms with Gasteiger partial charge in [0.05, 0.1) is 11.4 Å². The lowest BCUT2D eigenvalue weighted by atomic mass is 10.2. The summed E-state index contributed by atoms with van der Waals surface area (Å²) in [5.41, 5.74) is 2.13. The van der Waals surface area contributed by atoms with Crippen LogP contribution in [0.15, 0.2) is 48.5 Å². The summed E-state index contributed by atoms with van der Waals surface area (Å²) in [6.07, 6.45) is 2.33. The van der Waals surface area contributed by atoms with E-state index in [1.54, 1.807) is 6.07 Å². The Labute approximate surface area is 136 Å².